The van der Waals surface area contributed by atoms with Gasteiger partial charge in [-0.25, -0.2) is 17.7 Å². The number of carbonyl (C=O) groups is 5. The molecule has 0 saturated heterocycles. The second-order valence-corrected chi connectivity index (χ2v) is 16.5. The predicted octanol–water partition coefficient (Wildman–Crippen LogP) is -1.86. The van der Waals surface area contributed by atoms with Gasteiger partial charge in [-0.3, -0.25) is 28.5 Å². The molecule has 5 amide bonds. The van der Waals surface area contributed by atoms with Gasteiger partial charge in [-0.05, 0) is 59.3 Å². The molecule has 0 radical (unpaired) electrons. The minimum absolute atomic E-state index is 0.0448. The van der Waals surface area contributed by atoms with E-state index < -0.39 is 60.5 Å². The van der Waals surface area contributed by atoms with E-state index in [-0.39, 0.29) is 111 Å². The average Bonchev–Trinajstić information content (AvgIpc) is 3.15. The van der Waals surface area contributed by atoms with Gasteiger partial charge < -0.3 is 64.7 Å². The Morgan fingerprint density at radius 3 is 1.52 bits per heavy atom. The molecule has 1 rings (SSSR count). The first-order chi connectivity index (χ1) is 26.6. The van der Waals surface area contributed by atoms with E-state index in [0.29, 0.717) is 25.7 Å². The topological polar surface area (TPSA) is 325 Å². The molecule has 0 aromatic rings. The SMILES string of the molecule is CC(C)(C)P(=O)(O)O[C@H]1CC[C@H](C(=O)NC(CCC(=O)NC(CCC(=O)NCCOCCON)C(=O)NCCOCCON)C(=O)NCCOCCON)CC1. The highest BCUT2D eigenvalue weighted by Crippen LogP contribution is 2.56. The lowest BCUT2D eigenvalue weighted by molar-refractivity contribution is -0.133. The van der Waals surface area contributed by atoms with Crippen LogP contribution in [0.3, 0.4) is 0 Å². The Bertz CT molecular complexity index is 1210. The molecule has 0 bridgehead atoms. The zero-order valence-corrected chi connectivity index (χ0v) is 33.8. The number of nitrogens with two attached hydrogens (primary N) is 3. The summed E-state index contributed by atoms with van der Waals surface area (Å²) in [6, 6.07) is -2.24. The standard InChI is InChI=1S/C33H65N8O14P/c1-33(2,3)56(47,48)55-25-6-4-24(5-7-25)30(44)41-27(32(46)39-14-17-51-20-23-54-36)9-11-29(43)40-26(31(45)38-13-16-50-19-22-53-35)8-10-28(42)37-12-15-49-18-21-52-34/h24-27H,4-23,34-36H2,1-3H3,(H,37,42)(H,38,45)(H,39,46)(H,40,43)(H,41,44)(H,47,48)/t24-,25-,26?,27?. The van der Waals surface area contributed by atoms with Crippen LogP contribution in [-0.2, 0) is 61.8 Å². The first kappa shape index (κ1) is 51.2. The fourth-order valence-corrected chi connectivity index (χ4v) is 6.08. The van der Waals surface area contributed by atoms with Crippen LogP contribution in [0.15, 0.2) is 0 Å². The van der Waals surface area contributed by atoms with Crippen LogP contribution in [0.1, 0.15) is 72.1 Å². The van der Waals surface area contributed by atoms with Crippen molar-refractivity contribution in [2.45, 2.75) is 95.5 Å². The molecule has 23 heteroatoms. The van der Waals surface area contributed by atoms with E-state index in [1.165, 1.54) is 0 Å². The molecule has 3 unspecified atom stereocenters. The normalized spacial score (nSPS) is 17.9. The number of nitrogens with one attached hydrogen (secondary N) is 5. The lowest BCUT2D eigenvalue weighted by Gasteiger charge is -2.33. The summed E-state index contributed by atoms with van der Waals surface area (Å²) >= 11 is 0. The van der Waals surface area contributed by atoms with Crippen molar-refractivity contribution in [2.75, 3.05) is 79.1 Å². The van der Waals surface area contributed by atoms with Crippen molar-refractivity contribution in [3.63, 3.8) is 0 Å². The largest absolute Gasteiger partial charge is 0.377 e. The molecule has 0 spiro atoms. The van der Waals surface area contributed by atoms with E-state index in [2.05, 4.69) is 41.1 Å². The summed E-state index contributed by atoms with van der Waals surface area (Å²) < 4.78 is 34.1. The molecule has 1 fully saturated rings. The Morgan fingerprint density at radius 2 is 1.07 bits per heavy atom. The van der Waals surface area contributed by atoms with Crippen molar-refractivity contribution in [1.29, 1.82) is 0 Å². The quantitative estimate of drug-likeness (QED) is 0.0210. The third kappa shape index (κ3) is 22.8. The third-order valence-corrected chi connectivity index (χ3v) is 10.8. The minimum atomic E-state index is -3.89. The summed E-state index contributed by atoms with van der Waals surface area (Å²) in [5.74, 6) is 11.9. The van der Waals surface area contributed by atoms with Crippen LogP contribution in [0.5, 0.6) is 0 Å². The molecule has 12 N–H and O–H groups in total. The van der Waals surface area contributed by atoms with Crippen molar-refractivity contribution < 1.29 is 66.7 Å². The van der Waals surface area contributed by atoms with Crippen molar-refractivity contribution in [3.05, 3.63) is 0 Å². The maximum atomic E-state index is 13.4. The van der Waals surface area contributed by atoms with Crippen LogP contribution in [0.25, 0.3) is 0 Å². The van der Waals surface area contributed by atoms with Gasteiger partial charge in [-0.1, -0.05) is 0 Å². The molecule has 56 heavy (non-hydrogen) atoms. The minimum Gasteiger partial charge on any atom is -0.377 e. The van der Waals surface area contributed by atoms with Crippen molar-refractivity contribution in [1.82, 2.24) is 26.6 Å². The first-order valence-corrected chi connectivity index (χ1v) is 20.3. The van der Waals surface area contributed by atoms with Gasteiger partial charge >= 0.3 is 7.60 Å². The predicted molar refractivity (Wildman–Crippen MR) is 201 cm³/mol. The number of hydrogen-bond acceptors (Lipinski definition) is 16. The van der Waals surface area contributed by atoms with Crippen molar-refractivity contribution >= 4 is 37.1 Å². The number of amides is 5. The molecule has 3 atom stereocenters. The summed E-state index contributed by atoms with van der Waals surface area (Å²) in [4.78, 5) is 89.1. The van der Waals surface area contributed by atoms with E-state index in [9.17, 15) is 33.4 Å². The zero-order valence-electron chi connectivity index (χ0n) is 32.9. The van der Waals surface area contributed by atoms with E-state index in [4.69, 9.17) is 36.4 Å². The summed E-state index contributed by atoms with van der Waals surface area (Å²) in [5, 5.41) is 12.4. The summed E-state index contributed by atoms with van der Waals surface area (Å²) in [5.41, 5.74) is 0. The lowest BCUT2D eigenvalue weighted by atomic mass is 9.86. The molecule has 0 aromatic carbocycles. The van der Waals surface area contributed by atoms with E-state index in [0.717, 1.165) is 0 Å². The zero-order chi connectivity index (χ0) is 41.8. The van der Waals surface area contributed by atoms with Crippen molar-refractivity contribution in [2.24, 2.45) is 23.6 Å². The smallest absolute Gasteiger partial charge is 0.333 e. The van der Waals surface area contributed by atoms with E-state index in [1.807, 2.05) is 0 Å². The second kappa shape index (κ2) is 29.4. The molecule has 326 valence electrons. The summed E-state index contributed by atoms with van der Waals surface area (Å²) in [7, 11) is -3.89. The Labute approximate surface area is 328 Å². The Morgan fingerprint density at radius 1 is 0.643 bits per heavy atom. The lowest BCUT2D eigenvalue weighted by Crippen LogP contribution is -2.51. The van der Waals surface area contributed by atoms with Crippen LogP contribution in [-0.4, -0.2) is 137 Å². The van der Waals surface area contributed by atoms with E-state index in [1.54, 1.807) is 20.8 Å². The number of rotatable bonds is 31. The highest BCUT2D eigenvalue weighted by Gasteiger charge is 2.40. The number of hydrogen-bond donors (Lipinski definition) is 9. The molecule has 22 nitrogen and oxygen atoms in total. The Balaban J connectivity index is 2.89. The summed E-state index contributed by atoms with van der Waals surface area (Å²) in [6.07, 6.45) is 0.440. The fourth-order valence-electron chi connectivity index (χ4n) is 5.15. The highest BCUT2D eigenvalue weighted by molar-refractivity contribution is 7.54. The van der Waals surface area contributed by atoms with Gasteiger partial charge in [0.05, 0.1) is 70.7 Å². The summed E-state index contributed by atoms with van der Waals surface area (Å²) in [6.45, 7) is 6.92. The molecule has 1 aliphatic carbocycles. The van der Waals surface area contributed by atoms with E-state index >= 15 is 0 Å². The Kier molecular flexibility index (Phi) is 26.8. The van der Waals surface area contributed by atoms with Crippen LogP contribution < -0.4 is 44.3 Å². The first-order valence-electron chi connectivity index (χ1n) is 18.8. The van der Waals surface area contributed by atoms with Gasteiger partial charge in [-0.2, -0.15) is 0 Å². The maximum Gasteiger partial charge on any atom is 0.333 e. The third-order valence-electron chi connectivity index (χ3n) is 8.49. The molecule has 0 heterocycles. The van der Waals surface area contributed by atoms with Gasteiger partial charge in [0, 0.05) is 38.4 Å². The number of carbonyl (C=O) groups excluding carboxylic acids is 5. The van der Waals surface area contributed by atoms with Crippen LogP contribution in [0.2, 0.25) is 0 Å². The molecular weight excluding hydrogens is 763 g/mol. The molecule has 1 saturated carbocycles. The van der Waals surface area contributed by atoms with Crippen LogP contribution in [0, 0.1) is 5.92 Å². The molecule has 0 aromatic heterocycles. The van der Waals surface area contributed by atoms with Gasteiger partial charge in [-0.15, -0.1) is 0 Å². The van der Waals surface area contributed by atoms with Gasteiger partial charge in [0.15, 0.2) is 0 Å². The van der Waals surface area contributed by atoms with Gasteiger partial charge in [0.25, 0.3) is 0 Å². The highest BCUT2D eigenvalue weighted by atomic mass is 31.2. The van der Waals surface area contributed by atoms with Gasteiger partial charge in [0.1, 0.15) is 12.1 Å². The molecule has 0 aliphatic heterocycles. The number of ether oxygens (including phenoxy) is 3. The molecular formula is C33H65N8O14P. The van der Waals surface area contributed by atoms with Crippen molar-refractivity contribution in [3.8, 4) is 0 Å². The van der Waals surface area contributed by atoms with Crippen LogP contribution in [0.4, 0.5) is 0 Å². The van der Waals surface area contributed by atoms with Gasteiger partial charge in [0.2, 0.25) is 29.5 Å². The monoisotopic (exact) mass is 828 g/mol. The Hall–Kier alpha value is -2.86. The molecule has 1 aliphatic rings. The van der Waals surface area contributed by atoms with Crippen LogP contribution >= 0.6 is 7.60 Å². The second-order valence-electron chi connectivity index (χ2n) is 13.9. The average molecular weight is 829 g/mol. The fraction of sp³-hybridized carbons (Fsp3) is 0.848. The maximum absolute atomic E-state index is 13.4.